The molecule has 0 amide bonds. The Morgan fingerprint density at radius 3 is 2.71 bits per heavy atom. The Bertz CT molecular complexity index is 178. The van der Waals surface area contributed by atoms with Gasteiger partial charge in [0.1, 0.15) is 0 Å². The topological polar surface area (TPSA) is 18.5 Å². The van der Waals surface area contributed by atoms with Gasteiger partial charge in [0.05, 0.1) is 0 Å². The van der Waals surface area contributed by atoms with Gasteiger partial charge in [0.15, 0.2) is 0 Å². The molecule has 1 unspecified atom stereocenters. The van der Waals surface area contributed by atoms with Gasteiger partial charge >= 0.3 is 91.6 Å². The molecule has 0 aromatic heterocycles. The van der Waals surface area contributed by atoms with Crippen LogP contribution in [0.5, 0.6) is 0 Å². The molecule has 3 heteroatoms. The Balaban J connectivity index is 2.11. The molecule has 1 heterocycles. The van der Waals surface area contributed by atoms with Crippen LogP contribution in [0.25, 0.3) is 0 Å². The number of rotatable bonds is 4. The maximum atomic E-state index is 5.60. The molecule has 1 rings (SSSR count). The zero-order valence-electron chi connectivity index (χ0n) is 9.58. The first-order valence-corrected chi connectivity index (χ1v) is 15.7. The SMILES string of the molecule is [CH3][Sn]([CH3])([CH3])[CH]=CCOC1CCCCO1. The summed E-state index contributed by atoms with van der Waals surface area (Å²) in [6.45, 7) is 1.59. The first kappa shape index (κ1) is 12.5. The first-order valence-electron chi connectivity index (χ1n) is 5.49. The van der Waals surface area contributed by atoms with Crippen molar-refractivity contribution in [1.29, 1.82) is 0 Å². The molecule has 1 fully saturated rings. The zero-order chi connectivity index (χ0) is 10.4. The molecule has 0 spiro atoms. The fourth-order valence-electron chi connectivity index (χ4n) is 1.41. The van der Waals surface area contributed by atoms with Crippen LogP contribution in [0.3, 0.4) is 0 Å². The van der Waals surface area contributed by atoms with Crippen LogP contribution in [0.1, 0.15) is 19.3 Å². The van der Waals surface area contributed by atoms with E-state index >= 15 is 0 Å². The molecule has 14 heavy (non-hydrogen) atoms. The van der Waals surface area contributed by atoms with Crippen molar-refractivity contribution >= 4 is 18.4 Å². The van der Waals surface area contributed by atoms with Crippen molar-refractivity contribution in [3.63, 3.8) is 0 Å². The molecule has 2 nitrogen and oxygen atoms in total. The van der Waals surface area contributed by atoms with Gasteiger partial charge < -0.3 is 0 Å². The van der Waals surface area contributed by atoms with Crippen LogP contribution < -0.4 is 0 Å². The van der Waals surface area contributed by atoms with E-state index in [2.05, 4.69) is 25.0 Å². The third-order valence-corrected chi connectivity index (χ3v) is 5.66. The summed E-state index contributed by atoms with van der Waals surface area (Å²) < 4.78 is 13.5. The summed E-state index contributed by atoms with van der Waals surface area (Å²) in [6, 6.07) is 0. The number of hydrogen-bond donors (Lipinski definition) is 0. The van der Waals surface area contributed by atoms with Crippen LogP contribution >= 0.6 is 0 Å². The van der Waals surface area contributed by atoms with Crippen LogP contribution in [0.2, 0.25) is 14.8 Å². The number of ether oxygens (including phenoxy) is 2. The van der Waals surface area contributed by atoms with E-state index in [4.69, 9.17) is 9.47 Å². The summed E-state index contributed by atoms with van der Waals surface area (Å²) in [6.07, 6.45) is 5.73. The average molecular weight is 305 g/mol. The van der Waals surface area contributed by atoms with Gasteiger partial charge in [-0.15, -0.1) is 0 Å². The molecule has 0 saturated carbocycles. The van der Waals surface area contributed by atoms with E-state index in [1.54, 1.807) is 0 Å². The van der Waals surface area contributed by atoms with Gasteiger partial charge in [-0.25, -0.2) is 0 Å². The zero-order valence-corrected chi connectivity index (χ0v) is 12.4. The van der Waals surface area contributed by atoms with Crippen LogP contribution in [-0.4, -0.2) is 37.9 Å². The van der Waals surface area contributed by atoms with E-state index < -0.39 is 18.4 Å². The van der Waals surface area contributed by atoms with Crippen molar-refractivity contribution in [1.82, 2.24) is 0 Å². The Labute approximate surface area is 91.5 Å². The summed E-state index contributed by atoms with van der Waals surface area (Å²) in [4.78, 5) is 7.17. The molecular weight excluding hydrogens is 283 g/mol. The molecule has 0 radical (unpaired) electrons. The Morgan fingerprint density at radius 1 is 1.36 bits per heavy atom. The van der Waals surface area contributed by atoms with Gasteiger partial charge in [-0.1, -0.05) is 0 Å². The number of hydrogen-bond acceptors (Lipinski definition) is 2. The van der Waals surface area contributed by atoms with Gasteiger partial charge in [-0.05, 0) is 0 Å². The summed E-state index contributed by atoms with van der Waals surface area (Å²) in [5.74, 6) is 0. The minimum atomic E-state index is -1.71. The Kier molecular flexibility index (Phi) is 5.49. The fourth-order valence-corrected chi connectivity index (χ4v) is 3.70. The maximum absolute atomic E-state index is 5.60. The molecule has 1 aliphatic heterocycles. The van der Waals surface area contributed by atoms with Crippen molar-refractivity contribution in [3.8, 4) is 0 Å². The van der Waals surface area contributed by atoms with E-state index in [0.29, 0.717) is 0 Å². The van der Waals surface area contributed by atoms with E-state index in [1.807, 2.05) is 0 Å². The van der Waals surface area contributed by atoms with Gasteiger partial charge in [0.2, 0.25) is 0 Å². The molecule has 0 bridgehead atoms. The second-order valence-corrected chi connectivity index (χ2v) is 19.4. The van der Waals surface area contributed by atoms with Crippen LogP contribution in [-0.2, 0) is 9.47 Å². The molecule has 1 aliphatic rings. The van der Waals surface area contributed by atoms with E-state index in [0.717, 1.165) is 19.6 Å². The van der Waals surface area contributed by atoms with Crippen molar-refractivity contribution in [2.45, 2.75) is 40.4 Å². The molecule has 1 saturated heterocycles. The summed E-state index contributed by atoms with van der Waals surface area (Å²) >= 11 is -1.71. The third kappa shape index (κ3) is 6.04. The molecule has 82 valence electrons. The minimum absolute atomic E-state index is 0.0589. The molecular formula is C11H22O2Sn. The monoisotopic (exact) mass is 306 g/mol. The van der Waals surface area contributed by atoms with Crippen LogP contribution in [0.15, 0.2) is 10.2 Å². The molecule has 0 aliphatic carbocycles. The third-order valence-electron chi connectivity index (χ3n) is 2.13. The fraction of sp³-hybridized carbons (Fsp3) is 0.818. The van der Waals surface area contributed by atoms with Gasteiger partial charge in [-0.2, -0.15) is 0 Å². The van der Waals surface area contributed by atoms with Crippen molar-refractivity contribution in [3.05, 3.63) is 10.2 Å². The average Bonchev–Trinajstić information content (AvgIpc) is 2.13. The normalized spacial score (nSPS) is 24.4. The summed E-state index contributed by atoms with van der Waals surface area (Å²) in [5, 5.41) is 0. The molecule has 0 aromatic carbocycles. The Morgan fingerprint density at radius 2 is 2.14 bits per heavy atom. The summed E-state index contributed by atoms with van der Waals surface area (Å²) in [7, 11) is 0. The van der Waals surface area contributed by atoms with E-state index in [9.17, 15) is 0 Å². The van der Waals surface area contributed by atoms with Crippen molar-refractivity contribution < 1.29 is 9.47 Å². The van der Waals surface area contributed by atoms with Gasteiger partial charge in [0.25, 0.3) is 0 Å². The molecule has 0 N–H and O–H groups in total. The van der Waals surface area contributed by atoms with Crippen LogP contribution in [0.4, 0.5) is 0 Å². The van der Waals surface area contributed by atoms with E-state index in [-0.39, 0.29) is 6.29 Å². The predicted octanol–water partition coefficient (Wildman–Crippen LogP) is 2.96. The summed E-state index contributed by atoms with van der Waals surface area (Å²) in [5.41, 5.74) is 0. The Hall–Kier alpha value is 0.459. The van der Waals surface area contributed by atoms with Gasteiger partial charge in [-0.3, -0.25) is 0 Å². The first-order chi connectivity index (χ1) is 6.58. The van der Waals surface area contributed by atoms with E-state index in [1.165, 1.54) is 12.8 Å². The molecule has 0 aromatic rings. The molecule has 1 atom stereocenters. The standard InChI is InChI=1S/C8H13O2.3CH3.Sn/c1-2-6-9-8-5-3-4-7-10-8;;;;/h1-2,8H,3-7H2;3*1H3;. The van der Waals surface area contributed by atoms with Crippen molar-refractivity contribution in [2.24, 2.45) is 0 Å². The predicted molar refractivity (Wildman–Crippen MR) is 62.0 cm³/mol. The second kappa shape index (κ2) is 6.13. The second-order valence-electron chi connectivity index (χ2n) is 4.90. The quantitative estimate of drug-likeness (QED) is 0.744. The van der Waals surface area contributed by atoms with Crippen LogP contribution in [0, 0.1) is 0 Å². The van der Waals surface area contributed by atoms with Gasteiger partial charge in [0, 0.05) is 0 Å². The van der Waals surface area contributed by atoms with Crippen molar-refractivity contribution in [2.75, 3.05) is 13.2 Å².